The van der Waals surface area contributed by atoms with Crippen LogP contribution in [0.1, 0.15) is 53.2 Å². The van der Waals surface area contributed by atoms with Crippen LogP contribution in [0.2, 0.25) is 0 Å². The van der Waals surface area contributed by atoms with Crippen molar-refractivity contribution in [3.63, 3.8) is 0 Å². The highest BCUT2D eigenvalue weighted by atomic mass is 32.1. The molecule has 11 heteroatoms. The van der Waals surface area contributed by atoms with Crippen LogP contribution in [0.3, 0.4) is 0 Å². The first-order valence-corrected chi connectivity index (χ1v) is 13.1. The van der Waals surface area contributed by atoms with Crippen molar-refractivity contribution >= 4 is 34.7 Å². The molecule has 1 saturated heterocycles. The molecule has 1 aliphatic rings. The van der Waals surface area contributed by atoms with Gasteiger partial charge in [0, 0.05) is 55.5 Å². The molecule has 4 rings (SSSR count). The summed E-state index contributed by atoms with van der Waals surface area (Å²) in [5.41, 5.74) is 0.668. The molecule has 3 amide bonds. The number of piperidine rings is 1. The molecule has 0 unspecified atom stereocenters. The van der Waals surface area contributed by atoms with E-state index < -0.39 is 17.6 Å². The average molecular weight is 545 g/mol. The predicted molar refractivity (Wildman–Crippen MR) is 139 cm³/mol. The summed E-state index contributed by atoms with van der Waals surface area (Å²) in [6, 6.07) is 11.7. The third kappa shape index (κ3) is 6.77. The first-order valence-electron chi connectivity index (χ1n) is 12.2. The molecule has 2 N–H and O–H groups in total. The van der Waals surface area contributed by atoms with Gasteiger partial charge in [0.05, 0.1) is 10.6 Å². The summed E-state index contributed by atoms with van der Waals surface area (Å²) in [7, 11) is 0. The van der Waals surface area contributed by atoms with Crippen LogP contribution in [0.15, 0.2) is 53.9 Å². The molecule has 0 saturated carbocycles. The maximum atomic E-state index is 13.2. The summed E-state index contributed by atoms with van der Waals surface area (Å²) in [6.07, 6.45) is -2.77. The second-order valence-corrected chi connectivity index (χ2v) is 9.93. The number of benzene rings is 2. The number of hydrogen-bond donors (Lipinski definition) is 2. The Morgan fingerprint density at radius 1 is 1.08 bits per heavy atom. The Morgan fingerprint density at radius 2 is 1.82 bits per heavy atom. The molecule has 1 aliphatic heterocycles. The molecule has 1 aromatic heterocycles. The van der Waals surface area contributed by atoms with Gasteiger partial charge < -0.3 is 15.5 Å². The molecular formula is C27H27F3N4O3S. The number of carbonyl (C=O) groups excluding carboxylic acids is 3. The smallest absolute Gasteiger partial charge is 0.356 e. The quantitative estimate of drug-likeness (QED) is 0.422. The monoisotopic (exact) mass is 544 g/mol. The summed E-state index contributed by atoms with van der Waals surface area (Å²) >= 11 is 1.38. The van der Waals surface area contributed by atoms with Crippen molar-refractivity contribution in [3.05, 3.63) is 70.2 Å². The van der Waals surface area contributed by atoms with E-state index in [1.54, 1.807) is 40.6 Å². The Kier molecular flexibility index (Phi) is 8.45. The molecular weight excluding hydrogens is 517 g/mol. The van der Waals surface area contributed by atoms with Gasteiger partial charge in [0.15, 0.2) is 0 Å². The largest absolute Gasteiger partial charge is 0.416 e. The highest BCUT2D eigenvalue weighted by molar-refractivity contribution is 7.10. The van der Waals surface area contributed by atoms with Crippen LogP contribution >= 0.6 is 11.3 Å². The number of carbonyl (C=O) groups is 3. The third-order valence-corrected chi connectivity index (χ3v) is 7.35. The molecule has 2 heterocycles. The fraction of sp³-hybridized carbons (Fsp3) is 0.333. The summed E-state index contributed by atoms with van der Waals surface area (Å²) in [4.78, 5) is 42.6. The van der Waals surface area contributed by atoms with E-state index in [1.165, 1.54) is 24.3 Å². The van der Waals surface area contributed by atoms with E-state index in [2.05, 4.69) is 15.6 Å². The summed E-state index contributed by atoms with van der Waals surface area (Å²) in [6.45, 7) is 2.88. The number of alkyl halides is 3. The van der Waals surface area contributed by atoms with Crippen molar-refractivity contribution in [1.82, 2.24) is 15.2 Å². The number of aromatic nitrogens is 1. The summed E-state index contributed by atoms with van der Waals surface area (Å²) in [5.74, 6) is -0.494. The second-order valence-electron chi connectivity index (χ2n) is 9.04. The summed E-state index contributed by atoms with van der Waals surface area (Å²) < 4.78 is 39.6. The number of nitrogens with one attached hydrogen (secondary N) is 2. The van der Waals surface area contributed by atoms with Crippen molar-refractivity contribution in [3.8, 4) is 11.1 Å². The van der Waals surface area contributed by atoms with Gasteiger partial charge in [-0.1, -0.05) is 30.3 Å². The minimum atomic E-state index is -4.47. The van der Waals surface area contributed by atoms with Crippen molar-refractivity contribution < 1.29 is 27.6 Å². The summed E-state index contributed by atoms with van der Waals surface area (Å²) in [5, 5.41) is 7.90. The molecule has 38 heavy (non-hydrogen) atoms. The number of amides is 3. The Morgan fingerprint density at radius 3 is 2.53 bits per heavy atom. The van der Waals surface area contributed by atoms with Crippen molar-refractivity contribution in [1.29, 1.82) is 0 Å². The number of nitrogens with zero attached hydrogens (tertiary/aromatic N) is 2. The van der Waals surface area contributed by atoms with Crippen molar-refractivity contribution in [2.45, 2.75) is 38.3 Å². The maximum absolute atomic E-state index is 13.2. The molecule has 200 valence electrons. The zero-order valence-electron chi connectivity index (χ0n) is 20.7. The lowest BCUT2D eigenvalue weighted by atomic mass is 9.97. The van der Waals surface area contributed by atoms with E-state index in [-0.39, 0.29) is 29.8 Å². The number of likely N-dealkylation sites (tertiary alicyclic amines) is 1. The van der Waals surface area contributed by atoms with E-state index in [1.807, 2.05) is 0 Å². The van der Waals surface area contributed by atoms with E-state index in [0.717, 1.165) is 30.0 Å². The number of halogens is 3. The maximum Gasteiger partial charge on any atom is 0.416 e. The lowest BCUT2D eigenvalue weighted by Crippen LogP contribution is -2.39. The fourth-order valence-corrected chi connectivity index (χ4v) is 5.32. The highest BCUT2D eigenvalue weighted by Crippen LogP contribution is 2.35. The van der Waals surface area contributed by atoms with Gasteiger partial charge in [-0.3, -0.25) is 14.4 Å². The molecule has 7 nitrogen and oxygen atoms in total. The Labute approximate surface area is 222 Å². The van der Waals surface area contributed by atoms with E-state index in [0.29, 0.717) is 36.4 Å². The zero-order valence-corrected chi connectivity index (χ0v) is 21.5. The van der Waals surface area contributed by atoms with Crippen LogP contribution in [0.25, 0.3) is 11.1 Å². The van der Waals surface area contributed by atoms with Crippen molar-refractivity contribution in [2.24, 2.45) is 0 Å². The predicted octanol–water partition coefficient (Wildman–Crippen LogP) is 5.31. The van der Waals surface area contributed by atoms with E-state index in [9.17, 15) is 27.6 Å². The van der Waals surface area contributed by atoms with Gasteiger partial charge in [-0.2, -0.15) is 13.2 Å². The minimum absolute atomic E-state index is 0.00385. The van der Waals surface area contributed by atoms with Gasteiger partial charge in [0.1, 0.15) is 5.69 Å². The van der Waals surface area contributed by atoms with Crippen molar-refractivity contribution in [2.75, 3.05) is 25.0 Å². The first kappa shape index (κ1) is 27.3. The van der Waals surface area contributed by atoms with Crippen LogP contribution in [-0.2, 0) is 15.8 Å². The van der Waals surface area contributed by atoms with Crippen LogP contribution < -0.4 is 10.6 Å². The molecule has 0 radical (unpaired) electrons. The molecule has 0 bridgehead atoms. The fourth-order valence-electron chi connectivity index (χ4n) is 4.35. The average Bonchev–Trinajstić information content (AvgIpc) is 3.39. The topological polar surface area (TPSA) is 91.4 Å². The molecule has 1 fully saturated rings. The molecule has 0 aliphatic carbocycles. The molecule has 0 atom stereocenters. The number of para-hydroxylation sites is 1. The van der Waals surface area contributed by atoms with Gasteiger partial charge in [-0.25, -0.2) is 4.98 Å². The number of rotatable bonds is 7. The van der Waals surface area contributed by atoms with Gasteiger partial charge in [-0.15, -0.1) is 11.3 Å². The molecule has 0 spiro atoms. The SMILES string of the molecule is CC(=O)NCCC(=O)N1CCC(c2nc(C(=O)Nc3ccccc3-c3cccc(C(F)(F)F)c3)cs2)CC1. The molecule has 2 aromatic carbocycles. The van der Waals surface area contributed by atoms with E-state index >= 15 is 0 Å². The van der Waals surface area contributed by atoms with Gasteiger partial charge in [0.2, 0.25) is 11.8 Å². The normalized spacial score (nSPS) is 14.3. The Balaban J connectivity index is 1.39. The standard InChI is InChI=1S/C27H27F3N4O3S/c1-17(35)31-12-9-24(36)34-13-10-18(11-14-34)26-33-23(16-38-26)25(37)32-22-8-3-2-7-21(22)19-5-4-6-20(15-19)27(28,29)30/h2-8,15-16,18H,9-14H2,1H3,(H,31,35)(H,32,37). The van der Waals surface area contributed by atoms with Crippen LogP contribution in [0.4, 0.5) is 18.9 Å². The number of hydrogen-bond acceptors (Lipinski definition) is 5. The lowest BCUT2D eigenvalue weighted by molar-refractivity contribution is -0.137. The Bertz CT molecular complexity index is 1320. The second kappa shape index (κ2) is 11.8. The van der Waals surface area contributed by atoms with Crippen LogP contribution in [-0.4, -0.2) is 47.2 Å². The zero-order chi connectivity index (χ0) is 27.3. The number of anilines is 1. The number of thiazole rings is 1. The van der Waals surface area contributed by atoms with Gasteiger partial charge in [0.25, 0.3) is 5.91 Å². The Hall–Kier alpha value is -3.73. The van der Waals surface area contributed by atoms with Crippen LogP contribution in [0.5, 0.6) is 0 Å². The van der Waals surface area contributed by atoms with Gasteiger partial charge in [-0.05, 0) is 36.6 Å². The minimum Gasteiger partial charge on any atom is -0.356 e. The third-order valence-electron chi connectivity index (χ3n) is 6.34. The lowest BCUT2D eigenvalue weighted by Gasteiger charge is -2.31. The van der Waals surface area contributed by atoms with Crippen LogP contribution in [0, 0.1) is 0 Å². The molecule has 3 aromatic rings. The highest BCUT2D eigenvalue weighted by Gasteiger charge is 2.31. The van der Waals surface area contributed by atoms with E-state index in [4.69, 9.17) is 0 Å². The van der Waals surface area contributed by atoms with Gasteiger partial charge >= 0.3 is 6.18 Å². The first-order chi connectivity index (χ1) is 18.1.